The van der Waals surface area contributed by atoms with Crippen molar-refractivity contribution in [3.05, 3.63) is 30.1 Å². The Morgan fingerprint density at radius 1 is 1.15 bits per heavy atom. The summed E-state index contributed by atoms with van der Waals surface area (Å²) in [6, 6.07) is 3.80. The van der Waals surface area contributed by atoms with Gasteiger partial charge in [0, 0.05) is 38.8 Å². The van der Waals surface area contributed by atoms with E-state index in [9.17, 15) is 9.59 Å². The van der Waals surface area contributed by atoms with Crippen LogP contribution < -0.4 is 10.2 Å². The number of carbonyl (C=O) groups is 2. The van der Waals surface area contributed by atoms with Crippen molar-refractivity contribution in [2.45, 2.75) is 19.4 Å². The lowest BCUT2D eigenvalue weighted by molar-refractivity contribution is -0.120. The summed E-state index contributed by atoms with van der Waals surface area (Å²) in [5.74, 6) is -0.227. The van der Waals surface area contributed by atoms with Crippen LogP contribution in [0.1, 0.15) is 18.4 Å². The number of imide groups is 1. The fourth-order valence-corrected chi connectivity index (χ4v) is 3.63. The highest BCUT2D eigenvalue weighted by Crippen LogP contribution is 2.24. The molecule has 4 heterocycles. The predicted octanol–water partition coefficient (Wildman–Crippen LogP) is 0.918. The number of nitrogens with zero attached hydrogens (tertiary/aromatic N) is 5. The largest absolute Gasteiger partial charge is 0.328 e. The lowest BCUT2D eigenvalue weighted by atomic mass is 10.2. The minimum atomic E-state index is -0.378. The van der Waals surface area contributed by atoms with E-state index < -0.39 is 0 Å². The van der Waals surface area contributed by atoms with Gasteiger partial charge in [0.2, 0.25) is 5.91 Å². The monoisotopic (exact) mass is 356 g/mol. The average Bonchev–Trinajstić information content (AvgIpc) is 2.91. The third-order valence-corrected chi connectivity index (χ3v) is 5.13. The summed E-state index contributed by atoms with van der Waals surface area (Å²) in [5.41, 5.74) is 2.84. The number of nitrogens with one attached hydrogen (secondary N) is 1. The van der Waals surface area contributed by atoms with Crippen molar-refractivity contribution in [3.63, 3.8) is 0 Å². The quantitative estimate of drug-likeness (QED) is 0.885. The number of likely N-dealkylation sites (N-methyl/N-ethyl adjacent to an activating group) is 1. The number of pyridine rings is 1. The van der Waals surface area contributed by atoms with Crippen molar-refractivity contribution in [3.8, 4) is 0 Å². The Hall–Kier alpha value is -2.45. The summed E-state index contributed by atoms with van der Waals surface area (Å²) in [4.78, 5) is 30.0. The highest BCUT2D eigenvalue weighted by atomic mass is 16.2. The first-order valence-electron chi connectivity index (χ1n) is 9.09. The van der Waals surface area contributed by atoms with Gasteiger partial charge in [0.25, 0.3) is 0 Å². The standard InChI is InChI=1S/C18H24N6O2/c1-21-5-2-6-22(10-9-21)13-14-3-8-24-15(11-14)16(12-19-24)23-7-4-17(25)20-18(23)26/h3,8,11-12H,2,4-7,9-10,13H2,1H3,(H,20,25,26). The lowest BCUT2D eigenvalue weighted by Crippen LogP contribution is -2.49. The van der Waals surface area contributed by atoms with Crippen molar-refractivity contribution in [1.82, 2.24) is 24.7 Å². The number of carbonyl (C=O) groups excluding carboxylic acids is 2. The summed E-state index contributed by atoms with van der Waals surface area (Å²) in [6.45, 7) is 5.66. The summed E-state index contributed by atoms with van der Waals surface area (Å²) in [7, 11) is 2.17. The second-order valence-electron chi connectivity index (χ2n) is 7.08. The normalized spacial score (nSPS) is 20.4. The Bertz CT molecular complexity index is 832. The molecule has 0 aliphatic carbocycles. The number of aromatic nitrogens is 2. The van der Waals surface area contributed by atoms with Crippen LogP contribution in [-0.4, -0.2) is 71.1 Å². The summed E-state index contributed by atoms with van der Waals surface area (Å²) in [6.07, 6.45) is 5.11. The Kier molecular flexibility index (Phi) is 4.60. The molecule has 0 bridgehead atoms. The Labute approximate surface area is 152 Å². The molecule has 0 unspecified atom stereocenters. The van der Waals surface area contributed by atoms with E-state index in [0.717, 1.165) is 43.9 Å². The molecule has 0 aromatic carbocycles. The van der Waals surface area contributed by atoms with Crippen LogP contribution in [0.15, 0.2) is 24.5 Å². The highest BCUT2D eigenvalue weighted by molar-refractivity contribution is 6.07. The van der Waals surface area contributed by atoms with Gasteiger partial charge in [0.15, 0.2) is 0 Å². The molecule has 0 radical (unpaired) electrons. The van der Waals surface area contributed by atoms with Gasteiger partial charge in [-0.1, -0.05) is 0 Å². The van der Waals surface area contributed by atoms with E-state index in [1.165, 1.54) is 12.0 Å². The van der Waals surface area contributed by atoms with E-state index in [0.29, 0.717) is 13.0 Å². The third-order valence-electron chi connectivity index (χ3n) is 5.13. The smallest absolute Gasteiger partial charge is 0.305 e. The van der Waals surface area contributed by atoms with E-state index in [2.05, 4.69) is 39.4 Å². The number of rotatable bonds is 3. The molecule has 26 heavy (non-hydrogen) atoms. The van der Waals surface area contributed by atoms with Crippen molar-refractivity contribution < 1.29 is 9.59 Å². The zero-order valence-electron chi connectivity index (χ0n) is 15.0. The second-order valence-corrected chi connectivity index (χ2v) is 7.08. The molecule has 2 aliphatic heterocycles. The molecule has 0 atom stereocenters. The molecular weight excluding hydrogens is 332 g/mol. The second kappa shape index (κ2) is 7.05. The number of fused-ring (bicyclic) bond motifs is 1. The van der Waals surface area contributed by atoms with Gasteiger partial charge in [-0.15, -0.1) is 0 Å². The topological polar surface area (TPSA) is 73.2 Å². The first kappa shape index (κ1) is 17.0. The van der Waals surface area contributed by atoms with Gasteiger partial charge in [-0.3, -0.25) is 19.9 Å². The minimum Gasteiger partial charge on any atom is -0.305 e. The Balaban J connectivity index is 1.56. The third kappa shape index (κ3) is 3.42. The maximum Gasteiger partial charge on any atom is 0.328 e. The minimum absolute atomic E-state index is 0.227. The first-order valence-corrected chi connectivity index (χ1v) is 9.09. The fourth-order valence-electron chi connectivity index (χ4n) is 3.63. The Morgan fingerprint density at radius 3 is 2.88 bits per heavy atom. The maximum atomic E-state index is 12.2. The van der Waals surface area contributed by atoms with Gasteiger partial charge in [0.05, 0.1) is 17.4 Å². The summed E-state index contributed by atoms with van der Waals surface area (Å²) in [5, 5.41) is 6.72. The molecule has 0 saturated carbocycles. The van der Waals surface area contributed by atoms with Crippen LogP contribution in [0.25, 0.3) is 5.52 Å². The van der Waals surface area contributed by atoms with Gasteiger partial charge in [-0.25, -0.2) is 9.31 Å². The van der Waals surface area contributed by atoms with E-state index in [1.807, 2.05) is 6.20 Å². The van der Waals surface area contributed by atoms with Crippen LogP contribution in [0.5, 0.6) is 0 Å². The molecule has 8 heteroatoms. The van der Waals surface area contributed by atoms with E-state index in [1.54, 1.807) is 15.6 Å². The molecule has 2 aromatic rings. The van der Waals surface area contributed by atoms with Gasteiger partial charge in [0.1, 0.15) is 0 Å². The van der Waals surface area contributed by atoms with Gasteiger partial charge >= 0.3 is 6.03 Å². The van der Waals surface area contributed by atoms with Crippen molar-refractivity contribution in [1.29, 1.82) is 0 Å². The summed E-state index contributed by atoms with van der Waals surface area (Å²) < 4.78 is 1.78. The van der Waals surface area contributed by atoms with Crippen LogP contribution in [0, 0.1) is 0 Å². The molecule has 1 N–H and O–H groups in total. The van der Waals surface area contributed by atoms with Crippen molar-refractivity contribution >= 4 is 23.1 Å². The molecule has 2 aromatic heterocycles. The zero-order chi connectivity index (χ0) is 18.1. The van der Waals surface area contributed by atoms with Crippen LogP contribution in [-0.2, 0) is 11.3 Å². The number of urea groups is 1. The maximum absolute atomic E-state index is 12.2. The number of hydrogen-bond donors (Lipinski definition) is 1. The van der Waals surface area contributed by atoms with Crippen LogP contribution in [0.4, 0.5) is 10.5 Å². The molecule has 2 fully saturated rings. The molecular formula is C18H24N6O2. The molecule has 4 rings (SSSR count). The van der Waals surface area contributed by atoms with E-state index in [-0.39, 0.29) is 11.9 Å². The fraction of sp³-hybridized carbons (Fsp3) is 0.500. The summed E-state index contributed by atoms with van der Waals surface area (Å²) >= 11 is 0. The van der Waals surface area contributed by atoms with Crippen molar-refractivity contribution in [2.75, 3.05) is 44.7 Å². The van der Waals surface area contributed by atoms with Gasteiger partial charge < -0.3 is 4.90 Å². The van der Waals surface area contributed by atoms with Crippen LogP contribution >= 0.6 is 0 Å². The molecule has 2 saturated heterocycles. The number of hydrogen-bond acceptors (Lipinski definition) is 5. The molecule has 3 amide bonds. The van der Waals surface area contributed by atoms with E-state index >= 15 is 0 Å². The number of anilines is 1. The van der Waals surface area contributed by atoms with Crippen LogP contribution in [0.3, 0.4) is 0 Å². The van der Waals surface area contributed by atoms with Crippen LogP contribution in [0.2, 0.25) is 0 Å². The highest BCUT2D eigenvalue weighted by Gasteiger charge is 2.26. The van der Waals surface area contributed by atoms with Gasteiger partial charge in [-0.2, -0.15) is 5.10 Å². The molecule has 0 spiro atoms. The zero-order valence-corrected chi connectivity index (χ0v) is 15.0. The average molecular weight is 356 g/mol. The van der Waals surface area contributed by atoms with E-state index in [4.69, 9.17) is 0 Å². The Morgan fingerprint density at radius 2 is 2.04 bits per heavy atom. The molecule has 8 nitrogen and oxygen atoms in total. The lowest BCUT2D eigenvalue weighted by Gasteiger charge is -2.25. The molecule has 2 aliphatic rings. The van der Waals surface area contributed by atoms with Crippen molar-refractivity contribution in [2.24, 2.45) is 0 Å². The SMILES string of the molecule is CN1CCCN(Cc2ccn3ncc(N4CCC(=O)NC4=O)c3c2)CC1. The molecule has 138 valence electrons. The number of amides is 3. The van der Waals surface area contributed by atoms with Gasteiger partial charge in [-0.05, 0) is 44.3 Å². The predicted molar refractivity (Wildman–Crippen MR) is 98.1 cm³/mol. The first-order chi connectivity index (χ1) is 12.6.